The minimum atomic E-state index is -0.0270. The average Bonchev–Trinajstić information content (AvgIpc) is 3.65. The van der Waals surface area contributed by atoms with Crippen LogP contribution in [-0.4, -0.2) is 4.57 Å². The Kier molecular flexibility index (Phi) is 4.58. The summed E-state index contributed by atoms with van der Waals surface area (Å²) in [6.07, 6.45) is 0. The summed E-state index contributed by atoms with van der Waals surface area (Å²) in [6.45, 7) is 4.73. The van der Waals surface area contributed by atoms with Gasteiger partial charge < -0.3 is 4.57 Å². The van der Waals surface area contributed by atoms with Crippen molar-refractivity contribution >= 4 is 32.6 Å². The first-order valence-electron chi connectivity index (χ1n) is 15.5. The van der Waals surface area contributed by atoms with Crippen LogP contribution in [-0.2, 0) is 5.41 Å². The molecule has 0 unspecified atom stereocenters. The zero-order valence-corrected chi connectivity index (χ0v) is 24.7. The lowest BCUT2D eigenvalue weighted by Gasteiger charge is -2.21. The predicted molar refractivity (Wildman–Crippen MR) is 186 cm³/mol. The van der Waals surface area contributed by atoms with Gasteiger partial charge in [0, 0.05) is 21.9 Å². The molecule has 0 aliphatic heterocycles. The summed E-state index contributed by atoms with van der Waals surface area (Å²) < 4.78 is 2.46. The highest BCUT2D eigenvalue weighted by Gasteiger charge is 2.36. The Bertz CT molecular complexity index is 2520. The molecular weight excluding hydrogens is 530 g/mol. The lowest BCUT2D eigenvalue weighted by molar-refractivity contribution is 0.661. The van der Waals surface area contributed by atoms with Gasteiger partial charge in [0.2, 0.25) is 0 Å². The molecule has 0 amide bonds. The zero-order chi connectivity index (χ0) is 29.2. The van der Waals surface area contributed by atoms with Crippen molar-refractivity contribution in [2.45, 2.75) is 19.3 Å². The Morgan fingerprint density at radius 2 is 1.16 bits per heavy atom. The number of hydrogen-bond donors (Lipinski definition) is 0. The molecule has 1 heterocycles. The standard InChI is InChI=1S/C43H29N/c1-43(2)38-18-5-3-14-31(38)36-25-41-37(24-39(36)43)32-15-4-6-19-40(32)44(41)29-13-7-12-27(22-29)28-20-21-30-33-16-8-10-26-11-9-17-34(42(26)33)35(30)23-28/h3-25H,1-2H3. The summed E-state index contributed by atoms with van der Waals surface area (Å²) in [4.78, 5) is 0. The van der Waals surface area contributed by atoms with Crippen LogP contribution >= 0.6 is 0 Å². The third-order valence-electron chi connectivity index (χ3n) is 10.3. The second-order valence-electron chi connectivity index (χ2n) is 13.0. The summed E-state index contributed by atoms with van der Waals surface area (Å²) in [6, 6.07) is 52.1. The van der Waals surface area contributed by atoms with Gasteiger partial charge in [-0.15, -0.1) is 0 Å². The van der Waals surface area contributed by atoms with Gasteiger partial charge in [0.1, 0.15) is 0 Å². The summed E-state index contributed by atoms with van der Waals surface area (Å²) >= 11 is 0. The van der Waals surface area contributed by atoms with Crippen molar-refractivity contribution in [3.63, 3.8) is 0 Å². The molecule has 0 saturated carbocycles. The molecule has 0 N–H and O–H groups in total. The fourth-order valence-electron chi connectivity index (χ4n) is 8.24. The number of nitrogens with zero attached hydrogens (tertiary/aromatic N) is 1. The van der Waals surface area contributed by atoms with Crippen LogP contribution < -0.4 is 0 Å². The monoisotopic (exact) mass is 559 g/mol. The van der Waals surface area contributed by atoms with Gasteiger partial charge in [-0.25, -0.2) is 0 Å². The average molecular weight is 560 g/mol. The first kappa shape index (κ1) is 24.1. The second kappa shape index (κ2) is 8.36. The summed E-state index contributed by atoms with van der Waals surface area (Å²) in [5.74, 6) is 0. The van der Waals surface area contributed by atoms with E-state index in [1.807, 2.05) is 0 Å². The van der Waals surface area contributed by atoms with E-state index < -0.39 is 0 Å². The Labute approximate surface area is 256 Å². The first-order chi connectivity index (χ1) is 21.6. The molecule has 7 aromatic carbocycles. The highest BCUT2D eigenvalue weighted by molar-refractivity contribution is 6.16. The van der Waals surface area contributed by atoms with Gasteiger partial charge in [-0.05, 0) is 103 Å². The number of hydrogen-bond acceptors (Lipinski definition) is 0. The van der Waals surface area contributed by atoms with Gasteiger partial charge in [-0.3, -0.25) is 0 Å². The van der Waals surface area contributed by atoms with Gasteiger partial charge in [0.05, 0.1) is 11.0 Å². The van der Waals surface area contributed by atoms with Crippen LogP contribution in [0.15, 0.2) is 140 Å². The Hall–Kier alpha value is -5.40. The first-order valence-corrected chi connectivity index (χ1v) is 15.5. The van der Waals surface area contributed by atoms with E-state index >= 15 is 0 Å². The minimum absolute atomic E-state index is 0.0270. The Morgan fingerprint density at radius 3 is 2.05 bits per heavy atom. The van der Waals surface area contributed by atoms with Crippen molar-refractivity contribution in [3.8, 4) is 50.2 Å². The van der Waals surface area contributed by atoms with Gasteiger partial charge in [0.15, 0.2) is 0 Å². The van der Waals surface area contributed by atoms with Crippen molar-refractivity contribution in [2.75, 3.05) is 0 Å². The molecule has 2 aliphatic rings. The number of fused-ring (bicyclic) bond motifs is 9. The number of rotatable bonds is 2. The molecule has 0 atom stereocenters. The SMILES string of the molecule is CC1(C)c2ccccc2-c2cc3c(cc21)c1ccccc1n3-c1cccc(-c2ccc3c(c2)-c2cccc4cccc-3c24)c1. The van der Waals surface area contributed by atoms with Crippen molar-refractivity contribution in [1.82, 2.24) is 4.57 Å². The second-order valence-corrected chi connectivity index (χ2v) is 13.0. The van der Waals surface area contributed by atoms with Crippen LogP contribution in [0.1, 0.15) is 25.0 Å². The van der Waals surface area contributed by atoms with Crippen LogP contribution in [0.25, 0.3) is 82.8 Å². The van der Waals surface area contributed by atoms with Gasteiger partial charge in [-0.2, -0.15) is 0 Å². The molecule has 206 valence electrons. The predicted octanol–water partition coefficient (Wildman–Crippen LogP) is 11.6. The molecule has 1 heteroatoms. The number of para-hydroxylation sites is 1. The van der Waals surface area contributed by atoms with Crippen molar-refractivity contribution in [3.05, 3.63) is 151 Å². The summed E-state index contributed by atoms with van der Waals surface area (Å²) in [5, 5.41) is 5.29. The lowest BCUT2D eigenvalue weighted by atomic mass is 9.82. The topological polar surface area (TPSA) is 4.93 Å². The van der Waals surface area contributed by atoms with Crippen LogP contribution in [0.3, 0.4) is 0 Å². The molecule has 8 aromatic rings. The third-order valence-corrected chi connectivity index (χ3v) is 10.3. The van der Waals surface area contributed by atoms with Crippen molar-refractivity contribution < 1.29 is 0 Å². The fourth-order valence-corrected chi connectivity index (χ4v) is 8.24. The van der Waals surface area contributed by atoms with E-state index in [1.165, 1.54) is 93.9 Å². The van der Waals surface area contributed by atoms with Crippen LogP contribution in [0, 0.1) is 0 Å². The molecule has 0 saturated heterocycles. The van der Waals surface area contributed by atoms with Gasteiger partial charge >= 0.3 is 0 Å². The van der Waals surface area contributed by atoms with Gasteiger partial charge in [0.25, 0.3) is 0 Å². The largest absolute Gasteiger partial charge is 0.309 e. The van der Waals surface area contributed by atoms with E-state index in [0.29, 0.717) is 0 Å². The molecule has 2 aliphatic carbocycles. The molecule has 0 spiro atoms. The maximum Gasteiger partial charge on any atom is 0.0547 e. The summed E-state index contributed by atoms with van der Waals surface area (Å²) in [5.41, 5.74) is 17.0. The smallest absolute Gasteiger partial charge is 0.0547 e. The van der Waals surface area contributed by atoms with E-state index in [9.17, 15) is 0 Å². The van der Waals surface area contributed by atoms with Crippen molar-refractivity contribution in [1.29, 1.82) is 0 Å². The zero-order valence-electron chi connectivity index (χ0n) is 24.7. The van der Waals surface area contributed by atoms with Crippen molar-refractivity contribution in [2.24, 2.45) is 0 Å². The van der Waals surface area contributed by atoms with E-state index in [2.05, 4.69) is 158 Å². The molecular formula is C43H29N. The minimum Gasteiger partial charge on any atom is -0.309 e. The molecule has 44 heavy (non-hydrogen) atoms. The highest BCUT2D eigenvalue weighted by atomic mass is 15.0. The number of aromatic nitrogens is 1. The highest BCUT2D eigenvalue weighted by Crippen LogP contribution is 2.51. The molecule has 10 rings (SSSR count). The summed E-state index contributed by atoms with van der Waals surface area (Å²) in [7, 11) is 0. The Morgan fingerprint density at radius 1 is 0.432 bits per heavy atom. The number of benzene rings is 7. The maximum absolute atomic E-state index is 2.46. The van der Waals surface area contributed by atoms with Crippen LogP contribution in [0.2, 0.25) is 0 Å². The quantitative estimate of drug-likeness (QED) is 0.198. The molecule has 1 nitrogen and oxygen atoms in total. The molecule has 0 bridgehead atoms. The van der Waals surface area contributed by atoms with E-state index in [-0.39, 0.29) is 5.41 Å². The van der Waals surface area contributed by atoms with Gasteiger partial charge in [-0.1, -0.05) is 117 Å². The molecule has 0 radical (unpaired) electrons. The maximum atomic E-state index is 2.46. The molecule has 1 aromatic heterocycles. The third kappa shape index (κ3) is 3.04. The van der Waals surface area contributed by atoms with E-state index in [0.717, 1.165) is 0 Å². The fraction of sp³-hybridized carbons (Fsp3) is 0.0698. The van der Waals surface area contributed by atoms with E-state index in [1.54, 1.807) is 0 Å². The van der Waals surface area contributed by atoms with Crippen LogP contribution in [0.4, 0.5) is 0 Å². The Balaban J connectivity index is 1.18. The normalized spacial score (nSPS) is 13.9. The van der Waals surface area contributed by atoms with Crippen LogP contribution in [0.5, 0.6) is 0 Å². The molecule has 0 fully saturated rings. The lowest BCUT2D eigenvalue weighted by Crippen LogP contribution is -2.14. The van der Waals surface area contributed by atoms with E-state index in [4.69, 9.17) is 0 Å².